The molecule has 0 aliphatic rings. The van der Waals surface area contributed by atoms with Crippen molar-refractivity contribution in [1.82, 2.24) is 29.9 Å². The molecular formula is C38H34N10O2. The van der Waals surface area contributed by atoms with Gasteiger partial charge in [0.05, 0.1) is 0 Å². The predicted molar refractivity (Wildman–Crippen MR) is 194 cm³/mol. The molecule has 0 amide bonds. The molecule has 0 fully saturated rings. The van der Waals surface area contributed by atoms with Crippen LogP contribution in [0.2, 0.25) is 0 Å². The van der Waals surface area contributed by atoms with Crippen LogP contribution in [0, 0.1) is 0 Å². The van der Waals surface area contributed by atoms with Crippen molar-refractivity contribution in [2.24, 2.45) is 0 Å². The quantitative estimate of drug-likeness (QED) is 0.105. The Morgan fingerprint density at radius 3 is 1.04 bits per heavy atom. The molecule has 12 heteroatoms. The fourth-order valence-corrected chi connectivity index (χ4v) is 5.31. The molecule has 0 bridgehead atoms. The van der Waals surface area contributed by atoms with Crippen LogP contribution in [0.4, 0.5) is 23.8 Å². The van der Waals surface area contributed by atoms with Gasteiger partial charge >= 0.3 is 0 Å². The molecule has 0 atom stereocenters. The molecule has 0 unspecified atom stereocenters. The van der Waals surface area contributed by atoms with Crippen LogP contribution < -0.4 is 22.9 Å². The SMILES string of the molecule is Nc1nc(N)nc(Cc2ccc(C(=O)Cc3ccc(/C=C/c4ccc(CC(=O)c5ccc(Cc6nc(N)nc(N)n6)cc5)cc4)cc3)cc2)n1. The number of nitrogens with two attached hydrogens (primary N) is 4. The molecular weight excluding hydrogens is 628 g/mol. The number of carbonyl (C=O) groups excluding carboxylic acids is 2. The lowest BCUT2D eigenvalue weighted by molar-refractivity contribution is 0.0984. The van der Waals surface area contributed by atoms with Crippen LogP contribution >= 0.6 is 0 Å². The van der Waals surface area contributed by atoms with E-state index in [1.165, 1.54) is 0 Å². The third-order valence-corrected chi connectivity index (χ3v) is 7.87. The number of ketones is 2. The van der Waals surface area contributed by atoms with E-state index in [0.29, 0.717) is 48.5 Å². The molecule has 50 heavy (non-hydrogen) atoms. The average molecular weight is 663 g/mol. The summed E-state index contributed by atoms with van der Waals surface area (Å²) in [7, 11) is 0. The van der Waals surface area contributed by atoms with Gasteiger partial charge in [-0.05, 0) is 33.4 Å². The Kier molecular flexibility index (Phi) is 9.89. The predicted octanol–water partition coefficient (Wildman–Crippen LogP) is 4.59. The summed E-state index contributed by atoms with van der Waals surface area (Å²) >= 11 is 0. The standard InChI is InChI=1S/C38H34N10O2/c39-35-43-33(44-36(40)47-35)21-27-11-15-29(16-12-27)31(49)19-25-7-3-23(4-8-25)1-2-24-5-9-26(10-6-24)20-32(50)30-17-13-28(14-18-30)22-34-45-37(41)48-38(42)46-34/h1-18H,19-22H2,(H4,39,40,43,44,47)(H4,41,42,45,46,48)/b2-1+. The Labute approximate surface area is 288 Å². The fraction of sp³-hybridized carbons (Fsp3) is 0.105. The maximum atomic E-state index is 12.9. The molecule has 0 saturated carbocycles. The zero-order valence-electron chi connectivity index (χ0n) is 27.0. The highest BCUT2D eigenvalue weighted by molar-refractivity contribution is 5.98. The van der Waals surface area contributed by atoms with E-state index < -0.39 is 0 Å². The Bertz CT molecular complexity index is 1970. The van der Waals surface area contributed by atoms with E-state index in [-0.39, 0.29) is 35.4 Å². The second kappa shape index (κ2) is 14.9. The van der Waals surface area contributed by atoms with Gasteiger partial charge in [0, 0.05) is 36.8 Å². The van der Waals surface area contributed by atoms with E-state index in [1.807, 2.05) is 84.9 Å². The van der Waals surface area contributed by atoms with E-state index in [9.17, 15) is 9.59 Å². The number of anilines is 4. The summed E-state index contributed by atoms with van der Waals surface area (Å²) in [5, 5.41) is 0. The lowest BCUT2D eigenvalue weighted by Crippen LogP contribution is -2.07. The number of benzene rings is 4. The highest BCUT2D eigenvalue weighted by atomic mass is 16.1. The van der Waals surface area contributed by atoms with Crippen molar-refractivity contribution in [2.45, 2.75) is 25.7 Å². The van der Waals surface area contributed by atoms with Gasteiger partial charge in [-0.3, -0.25) is 9.59 Å². The minimum absolute atomic E-state index is 0.0251. The summed E-state index contributed by atoms with van der Waals surface area (Å²) < 4.78 is 0. The van der Waals surface area contributed by atoms with Crippen molar-refractivity contribution in [1.29, 1.82) is 0 Å². The number of hydrogen-bond donors (Lipinski definition) is 4. The van der Waals surface area contributed by atoms with Crippen molar-refractivity contribution >= 4 is 47.5 Å². The van der Waals surface area contributed by atoms with Gasteiger partial charge in [-0.2, -0.15) is 29.9 Å². The first-order chi connectivity index (χ1) is 24.1. The van der Waals surface area contributed by atoms with Gasteiger partial charge in [-0.1, -0.05) is 109 Å². The van der Waals surface area contributed by atoms with E-state index in [4.69, 9.17) is 22.9 Å². The highest BCUT2D eigenvalue weighted by Crippen LogP contribution is 2.17. The highest BCUT2D eigenvalue weighted by Gasteiger charge is 2.11. The van der Waals surface area contributed by atoms with Crippen LogP contribution in [0.3, 0.4) is 0 Å². The molecule has 4 aromatic carbocycles. The summed E-state index contributed by atoms with van der Waals surface area (Å²) in [5.41, 5.74) is 29.6. The number of nitrogens with zero attached hydrogens (tertiary/aromatic N) is 6. The second-order valence-corrected chi connectivity index (χ2v) is 11.7. The van der Waals surface area contributed by atoms with Crippen molar-refractivity contribution < 1.29 is 9.59 Å². The third kappa shape index (κ3) is 8.95. The smallest absolute Gasteiger partial charge is 0.225 e. The van der Waals surface area contributed by atoms with Gasteiger partial charge in [0.25, 0.3) is 0 Å². The third-order valence-electron chi connectivity index (χ3n) is 7.87. The Morgan fingerprint density at radius 1 is 0.420 bits per heavy atom. The van der Waals surface area contributed by atoms with Crippen LogP contribution in [0.5, 0.6) is 0 Å². The molecule has 6 rings (SSSR count). The van der Waals surface area contributed by atoms with Gasteiger partial charge in [0.2, 0.25) is 23.8 Å². The molecule has 248 valence electrons. The number of Topliss-reactive ketones (excluding diaryl/α,β-unsaturated/α-hetero) is 2. The Hall–Kier alpha value is -6.82. The van der Waals surface area contributed by atoms with Crippen molar-refractivity contribution in [3.8, 4) is 0 Å². The topological polar surface area (TPSA) is 216 Å². The molecule has 2 heterocycles. The van der Waals surface area contributed by atoms with Gasteiger partial charge in [0.15, 0.2) is 11.6 Å². The largest absolute Gasteiger partial charge is 0.368 e. The molecule has 0 spiro atoms. The van der Waals surface area contributed by atoms with Crippen molar-refractivity contribution in [3.05, 3.63) is 153 Å². The molecule has 0 aliphatic heterocycles. The molecule has 0 saturated heterocycles. The Morgan fingerprint density at radius 2 is 0.720 bits per heavy atom. The Balaban J connectivity index is 0.981. The first-order valence-corrected chi connectivity index (χ1v) is 15.8. The minimum atomic E-state index is 0.0251. The van der Waals surface area contributed by atoms with Crippen molar-refractivity contribution in [3.63, 3.8) is 0 Å². The first-order valence-electron chi connectivity index (χ1n) is 15.8. The van der Waals surface area contributed by atoms with Crippen LogP contribution in [-0.4, -0.2) is 41.5 Å². The lowest BCUT2D eigenvalue weighted by atomic mass is 9.99. The molecule has 0 aliphatic carbocycles. The summed E-state index contributed by atoms with van der Waals surface area (Å²) in [6.45, 7) is 0. The minimum Gasteiger partial charge on any atom is -0.368 e. The summed E-state index contributed by atoms with van der Waals surface area (Å²) in [6, 6.07) is 30.5. The van der Waals surface area contributed by atoms with Crippen LogP contribution in [0.1, 0.15) is 65.7 Å². The zero-order chi connectivity index (χ0) is 35.0. The normalized spacial score (nSPS) is 11.1. The lowest BCUT2D eigenvalue weighted by Gasteiger charge is -2.06. The molecule has 12 nitrogen and oxygen atoms in total. The molecule has 8 N–H and O–H groups in total. The van der Waals surface area contributed by atoms with Crippen LogP contribution in [-0.2, 0) is 25.7 Å². The fourth-order valence-electron chi connectivity index (χ4n) is 5.31. The van der Waals surface area contributed by atoms with Crippen LogP contribution in [0.25, 0.3) is 12.2 Å². The van der Waals surface area contributed by atoms with Gasteiger partial charge in [0.1, 0.15) is 11.6 Å². The van der Waals surface area contributed by atoms with Gasteiger partial charge in [-0.15, -0.1) is 0 Å². The maximum Gasteiger partial charge on any atom is 0.225 e. The summed E-state index contributed by atoms with van der Waals surface area (Å²) in [6.07, 6.45) is 5.47. The van der Waals surface area contributed by atoms with Gasteiger partial charge in [-0.25, -0.2) is 0 Å². The first kappa shape index (κ1) is 33.1. The number of aromatic nitrogens is 6. The monoisotopic (exact) mass is 662 g/mol. The van der Waals surface area contributed by atoms with E-state index in [2.05, 4.69) is 29.9 Å². The number of carbonyl (C=O) groups is 2. The second-order valence-electron chi connectivity index (χ2n) is 11.7. The number of hydrogen-bond acceptors (Lipinski definition) is 12. The number of rotatable bonds is 12. The van der Waals surface area contributed by atoms with E-state index in [0.717, 1.165) is 33.4 Å². The molecule has 2 aromatic heterocycles. The zero-order valence-corrected chi connectivity index (χ0v) is 27.0. The van der Waals surface area contributed by atoms with Crippen molar-refractivity contribution in [2.75, 3.05) is 22.9 Å². The summed E-state index contributed by atoms with van der Waals surface area (Å²) in [4.78, 5) is 49.8. The summed E-state index contributed by atoms with van der Waals surface area (Å²) in [5.74, 6) is 1.31. The molecule has 0 radical (unpaired) electrons. The maximum absolute atomic E-state index is 12.9. The molecule has 6 aromatic rings. The van der Waals surface area contributed by atoms with Crippen LogP contribution in [0.15, 0.2) is 97.1 Å². The number of nitrogen functional groups attached to an aromatic ring is 4. The van der Waals surface area contributed by atoms with Gasteiger partial charge < -0.3 is 22.9 Å². The average Bonchev–Trinajstić information content (AvgIpc) is 3.08. The van der Waals surface area contributed by atoms with E-state index in [1.54, 1.807) is 24.3 Å². The van der Waals surface area contributed by atoms with E-state index >= 15 is 0 Å².